The maximum Gasteiger partial charge on any atom is 0.416 e. The van der Waals surface area contributed by atoms with E-state index in [1.807, 2.05) is 6.92 Å². The van der Waals surface area contributed by atoms with Crippen molar-refractivity contribution < 1.29 is 22.7 Å². The number of aryl methyl sites for hydroxylation is 1. The third-order valence-corrected chi connectivity index (χ3v) is 3.85. The molecule has 0 N–H and O–H groups in total. The number of esters is 1. The van der Waals surface area contributed by atoms with Crippen molar-refractivity contribution in [2.75, 3.05) is 6.61 Å². The second kappa shape index (κ2) is 6.23. The maximum atomic E-state index is 13.1. The third kappa shape index (κ3) is 3.09. The molecule has 0 amide bonds. The van der Waals surface area contributed by atoms with Crippen LogP contribution in [0.15, 0.2) is 42.6 Å². The van der Waals surface area contributed by atoms with Gasteiger partial charge in [-0.05, 0) is 43.7 Å². The van der Waals surface area contributed by atoms with Crippen LogP contribution in [0.25, 0.3) is 16.8 Å². The van der Waals surface area contributed by atoms with Crippen molar-refractivity contribution in [2.45, 2.75) is 20.0 Å². The summed E-state index contributed by atoms with van der Waals surface area (Å²) in [6.07, 6.45) is -2.94. The van der Waals surface area contributed by atoms with E-state index >= 15 is 0 Å². The Labute approximate surface area is 141 Å². The largest absolute Gasteiger partial charge is 0.462 e. The smallest absolute Gasteiger partial charge is 0.416 e. The minimum atomic E-state index is -4.48. The molecule has 3 aromatic rings. The molecule has 130 valence electrons. The van der Waals surface area contributed by atoms with E-state index in [0.29, 0.717) is 5.52 Å². The highest BCUT2D eigenvalue weighted by molar-refractivity contribution is 5.99. The molecule has 0 saturated heterocycles. The normalized spacial score (nSPS) is 11.7. The van der Waals surface area contributed by atoms with E-state index in [9.17, 15) is 18.0 Å². The van der Waals surface area contributed by atoms with Gasteiger partial charge in [0.2, 0.25) is 0 Å². The van der Waals surface area contributed by atoms with Crippen LogP contribution in [-0.4, -0.2) is 22.2 Å². The molecule has 0 saturated carbocycles. The highest BCUT2D eigenvalue weighted by Gasteiger charge is 2.31. The number of aromatic nitrogens is 2. The van der Waals surface area contributed by atoms with Crippen LogP contribution in [0, 0.1) is 6.92 Å². The lowest BCUT2D eigenvalue weighted by atomic mass is 10.0. The van der Waals surface area contributed by atoms with Gasteiger partial charge in [0.05, 0.1) is 28.9 Å². The Morgan fingerprint density at radius 2 is 2.00 bits per heavy atom. The first kappa shape index (κ1) is 17.0. The standard InChI is InChI=1S/C18H15F3N2O2/c1-3-25-17(24)14-10-15-11(2)7-8-22-23(15)16(14)12-5-4-6-13(9-12)18(19,20)21/h4-10H,3H2,1-2H3. The van der Waals surface area contributed by atoms with E-state index in [1.54, 1.807) is 19.1 Å². The molecular formula is C18H15F3N2O2. The molecule has 0 aliphatic carbocycles. The van der Waals surface area contributed by atoms with Crippen LogP contribution in [0.5, 0.6) is 0 Å². The van der Waals surface area contributed by atoms with E-state index in [2.05, 4.69) is 5.10 Å². The van der Waals surface area contributed by atoms with Gasteiger partial charge in [0.15, 0.2) is 0 Å². The van der Waals surface area contributed by atoms with Crippen LogP contribution >= 0.6 is 0 Å². The number of carbonyl (C=O) groups is 1. The van der Waals surface area contributed by atoms with Gasteiger partial charge in [-0.2, -0.15) is 18.3 Å². The SMILES string of the molecule is CCOC(=O)c1cc2c(C)ccnn2c1-c1cccc(C(F)(F)F)c1. The van der Waals surface area contributed by atoms with Crippen molar-refractivity contribution in [2.24, 2.45) is 0 Å². The highest BCUT2D eigenvalue weighted by atomic mass is 19.4. The number of rotatable bonds is 3. The number of nitrogens with zero attached hydrogens (tertiary/aromatic N) is 2. The van der Waals surface area contributed by atoms with Crippen molar-refractivity contribution in [3.05, 3.63) is 59.3 Å². The summed E-state index contributed by atoms with van der Waals surface area (Å²) in [5, 5.41) is 4.20. The summed E-state index contributed by atoms with van der Waals surface area (Å²) in [5.74, 6) is -0.597. The molecule has 0 bridgehead atoms. The van der Waals surface area contributed by atoms with E-state index in [-0.39, 0.29) is 23.4 Å². The lowest BCUT2D eigenvalue weighted by molar-refractivity contribution is -0.137. The van der Waals surface area contributed by atoms with Gasteiger partial charge in [-0.25, -0.2) is 9.31 Å². The molecule has 1 aromatic carbocycles. The number of benzene rings is 1. The van der Waals surface area contributed by atoms with Crippen LogP contribution in [0.4, 0.5) is 13.2 Å². The van der Waals surface area contributed by atoms with Crippen molar-refractivity contribution in [3.8, 4) is 11.3 Å². The van der Waals surface area contributed by atoms with Crippen LogP contribution in [0.2, 0.25) is 0 Å². The lowest BCUT2D eigenvalue weighted by Gasteiger charge is -2.10. The van der Waals surface area contributed by atoms with Crippen molar-refractivity contribution in [1.29, 1.82) is 0 Å². The fourth-order valence-electron chi connectivity index (χ4n) is 2.68. The van der Waals surface area contributed by atoms with E-state index in [1.165, 1.54) is 22.8 Å². The quantitative estimate of drug-likeness (QED) is 0.654. The first-order valence-corrected chi connectivity index (χ1v) is 7.65. The van der Waals surface area contributed by atoms with Gasteiger partial charge in [0.25, 0.3) is 0 Å². The Morgan fingerprint density at radius 1 is 1.24 bits per heavy atom. The van der Waals surface area contributed by atoms with Crippen molar-refractivity contribution in [1.82, 2.24) is 9.61 Å². The van der Waals surface area contributed by atoms with Crippen LogP contribution in [0.3, 0.4) is 0 Å². The van der Waals surface area contributed by atoms with E-state index in [0.717, 1.165) is 17.7 Å². The van der Waals surface area contributed by atoms with E-state index in [4.69, 9.17) is 4.74 Å². The second-order valence-corrected chi connectivity index (χ2v) is 5.52. The molecule has 0 aliphatic rings. The molecule has 0 aliphatic heterocycles. The summed E-state index contributed by atoms with van der Waals surface area (Å²) in [4.78, 5) is 12.3. The monoisotopic (exact) mass is 348 g/mol. The Hall–Kier alpha value is -2.83. The van der Waals surface area contributed by atoms with Gasteiger partial charge in [-0.15, -0.1) is 0 Å². The first-order valence-electron chi connectivity index (χ1n) is 7.65. The summed E-state index contributed by atoms with van der Waals surface area (Å²) in [6, 6.07) is 8.18. The first-order chi connectivity index (χ1) is 11.8. The van der Waals surface area contributed by atoms with Gasteiger partial charge in [0.1, 0.15) is 0 Å². The summed E-state index contributed by atoms with van der Waals surface area (Å²) >= 11 is 0. The predicted molar refractivity (Wildman–Crippen MR) is 86.3 cm³/mol. The number of carbonyl (C=O) groups excluding carboxylic acids is 1. The van der Waals surface area contributed by atoms with Gasteiger partial charge in [-0.1, -0.05) is 12.1 Å². The summed E-state index contributed by atoms with van der Waals surface area (Å²) in [7, 11) is 0. The number of ether oxygens (including phenoxy) is 1. The fourth-order valence-corrected chi connectivity index (χ4v) is 2.68. The van der Waals surface area contributed by atoms with Gasteiger partial charge in [0, 0.05) is 11.8 Å². The number of halogens is 3. The molecule has 2 aromatic heterocycles. The zero-order chi connectivity index (χ0) is 18.2. The van der Waals surface area contributed by atoms with Crippen LogP contribution in [0.1, 0.15) is 28.4 Å². The molecule has 0 fully saturated rings. The summed E-state index contributed by atoms with van der Waals surface area (Å²) in [6.45, 7) is 3.67. The van der Waals surface area contributed by atoms with Gasteiger partial charge < -0.3 is 4.74 Å². The van der Waals surface area contributed by atoms with Gasteiger partial charge in [-0.3, -0.25) is 0 Å². The minimum Gasteiger partial charge on any atom is -0.462 e. The molecule has 0 radical (unpaired) electrons. The molecule has 25 heavy (non-hydrogen) atoms. The topological polar surface area (TPSA) is 43.6 Å². The number of hydrogen-bond acceptors (Lipinski definition) is 3. The molecule has 3 rings (SSSR count). The van der Waals surface area contributed by atoms with E-state index < -0.39 is 17.7 Å². The molecule has 4 nitrogen and oxygen atoms in total. The lowest BCUT2D eigenvalue weighted by Crippen LogP contribution is -2.08. The van der Waals surface area contributed by atoms with Crippen molar-refractivity contribution in [3.63, 3.8) is 0 Å². The van der Waals surface area contributed by atoms with Gasteiger partial charge >= 0.3 is 12.1 Å². The Balaban J connectivity index is 2.29. The highest BCUT2D eigenvalue weighted by Crippen LogP contribution is 2.34. The molecular weight excluding hydrogens is 333 g/mol. The van der Waals surface area contributed by atoms with Crippen LogP contribution < -0.4 is 0 Å². The molecule has 0 unspecified atom stereocenters. The second-order valence-electron chi connectivity index (χ2n) is 5.52. The Bertz CT molecular complexity index is 945. The molecule has 0 atom stereocenters. The maximum absolute atomic E-state index is 13.1. The minimum absolute atomic E-state index is 0.166. The number of hydrogen-bond donors (Lipinski definition) is 0. The predicted octanol–water partition coefficient (Wildman–Crippen LogP) is 4.51. The summed E-state index contributed by atoms with van der Waals surface area (Å²) in [5.41, 5.74) is 1.40. The zero-order valence-corrected chi connectivity index (χ0v) is 13.6. The Morgan fingerprint density at radius 3 is 2.68 bits per heavy atom. The summed E-state index contributed by atoms with van der Waals surface area (Å²) < 4.78 is 45.7. The third-order valence-electron chi connectivity index (χ3n) is 3.85. The molecule has 2 heterocycles. The average molecular weight is 348 g/mol. The van der Waals surface area contributed by atoms with Crippen LogP contribution in [-0.2, 0) is 10.9 Å². The molecule has 0 spiro atoms. The zero-order valence-electron chi connectivity index (χ0n) is 13.6. The number of alkyl halides is 3. The average Bonchev–Trinajstić information content (AvgIpc) is 2.95. The number of fused-ring (bicyclic) bond motifs is 1. The molecule has 7 heteroatoms. The van der Waals surface area contributed by atoms with Crippen molar-refractivity contribution >= 4 is 11.5 Å². The Kier molecular flexibility index (Phi) is 4.24. The fraction of sp³-hybridized carbons (Fsp3) is 0.222.